The van der Waals surface area contributed by atoms with Crippen LogP contribution < -0.4 is 11.5 Å². The summed E-state index contributed by atoms with van der Waals surface area (Å²) < 4.78 is 0. The van der Waals surface area contributed by atoms with Crippen molar-refractivity contribution in [2.45, 2.75) is 44.2 Å². The van der Waals surface area contributed by atoms with E-state index in [-0.39, 0.29) is 25.7 Å². The van der Waals surface area contributed by atoms with Gasteiger partial charge in [0.05, 0.1) is 0 Å². The molecule has 0 aliphatic carbocycles. The molecule has 0 aliphatic heterocycles. The van der Waals surface area contributed by atoms with Crippen LogP contribution in [0.1, 0.15) is 32.1 Å². The van der Waals surface area contributed by atoms with Gasteiger partial charge in [0.1, 0.15) is 12.1 Å². The van der Waals surface area contributed by atoms with Gasteiger partial charge < -0.3 is 31.9 Å². The summed E-state index contributed by atoms with van der Waals surface area (Å²) in [4.78, 5) is 39.9. The van der Waals surface area contributed by atoms with E-state index in [1.807, 2.05) is 0 Å². The van der Waals surface area contributed by atoms with Crippen LogP contribution in [0, 0.1) is 0 Å². The van der Waals surface area contributed by atoms with Crippen molar-refractivity contribution in [1.29, 1.82) is 0 Å². The molecule has 0 bridgehead atoms. The number of aliphatic carboxylic acids is 4. The van der Waals surface area contributed by atoms with Gasteiger partial charge in [0, 0.05) is 12.8 Å². The van der Waals surface area contributed by atoms with Gasteiger partial charge in [-0.25, -0.2) is 0 Å². The molecule has 0 aromatic heterocycles. The van der Waals surface area contributed by atoms with Crippen LogP contribution in [-0.4, -0.2) is 56.4 Å². The summed E-state index contributed by atoms with van der Waals surface area (Å²) in [5.41, 5.74) is 10.1. The van der Waals surface area contributed by atoms with Crippen molar-refractivity contribution in [2.24, 2.45) is 11.5 Å². The molecule has 0 radical (unpaired) electrons. The number of nitrogens with two attached hydrogens (primary N) is 2. The average molecular weight is 308 g/mol. The topological polar surface area (TPSA) is 201 Å². The summed E-state index contributed by atoms with van der Waals surface area (Å²) in [7, 11) is 0. The molecule has 0 amide bonds. The highest BCUT2D eigenvalue weighted by Crippen LogP contribution is 1.98. The first kappa shape index (κ1) is 21.1. The first-order valence-electron chi connectivity index (χ1n) is 5.98. The molecule has 0 saturated carbocycles. The Morgan fingerprint density at radius 1 is 0.714 bits per heavy atom. The highest BCUT2D eigenvalue weighted by Gasteiger charge is 2.12. The lowest BCUT2D eigenvalue weighted by Crippen LogP contribution is -2.30. The first-order chi connectivity index (χ1) is 9.57. The third kappa shape index (κ3) is 15.7. The fourth-order valence-electron chi connectivity index (χ4n) is 0.999. The maximum atomic E-state index is 10.1. The molecule has 0 saturated heterocycles. The fourth-order valence-corrected chi connectivity index (χ4v) is 0.999. The van der Waals surface area contributed by atoms with Crippen molar-refractivity contribution >= 4 is 23.9 Å². The minimum atomic E-state index is -1.17. The summed E-state index contributed by atoms with van der Waals surface area (Å²) in [6.07, 6.45) is 0.267. The summed E-state index contributed by atoms with van der Waals surface area (Å²) >= 11 is 0. The van der Waals surface area contributed by atoms with Crippen molar-refractivity contribution in [3.63, 3.8) is 0 Å². The van der Waals surface area contributed by atoms with E-state index in [4.69, 9.17) is 31.9 Å². The second-order valence-corrected chi connectivity index (χ2v) is 4.11. The second kappa shape index (κ2) is 11.6. The molecular formula is C11H20N2O8. The molecule has 21 heavy (non-hydrogen) atoms. The molecule has 2 unspecified atom stereocenters. The predicted molar refractivity (Wildman–Crippen MR) is 69.6 cm³/mol. The molecular weight excluding hydrogens is 288 g/mol. The zero-order chi connectivity index (χ0) is 17.0. The molecule has 0 aromatic rings. The molecule has 8 N–H and O–H groups in total. The number of carboxylic acid groups (broad SMARTS) is 4. The Hall–Kier alpha value is -2.20. The zero-order valence-corrected chi connectivity index (χ0v) is 11.3. The van der Waals surface area contributed by atoms with E-state index in [0.29, 0.717) is 6.42 Å². The van der Waals surface area contributed by atoms with Crippen LogP contribution in [0.4, 0.5) is 0 Å². The normalized spacial score (nSPS) is 12.5. The van der Waals surface area contributed by atoms with Gasteiger partial charge in [0.25, 0.3) is 0 Å². The van der Waals surface area contributed by atoms with Gasteiger partial charge in [-0.3, -0.25) is 19.2 Å². The van der Waals surface area contributed by atoms with Crippen LogP contribution in [-0.2, 0) is 19.2 Å². The van der Waals surface area contributed by atoms with Crippen LogP contribution in [0.15, 0.2) is 0 Å². The van der Waals surface area contributed by atoms with Crippen LogP contribution in [0.25, 0.3) is 0 Å². The van der Waals surface area contributed by atoms with Crippen LogP contribution in [0.2, 0.25) is 0 Å². The molecule has 0 spiro atoms. The van der Waals surface area contributed by atoms with Gasteiger partial charge in [0.15, 0.2) is 0 Å². The molecule has 0 heterocycles. The third-order valence-electron chi connectivity index (χ3n) is 2.21. The molecule has 0 rings (SSSR count). The maximum absolute atomic E-state index is 10.1. The number of carboxylic acids is 4. The standard InChI is InChI=1S/C6H11NO4.C5H9NO4/c7-4(6(10)11)2-1-3-5(8)9;6-3(5(9)10)1-2-4(7)8/h4H,1-3,7H2,(H,8,9)(H,10,11);3H,1-2,6H2,(H,7,8)(H,9,10). The lowest BCUT2D eigenvalue weighted by Gasteiger charge is -2.02. The lowest BCUT2D eigenvalue weighted by molar-refractivity contribution is -0.140. The van der Waals surface area contributed by atoms with Crippen LogP contribution in [0.3, 0.4) is 0 Å². The Morgan fingerprint density at radius 2 is 1.10 bits per heavy atom. The van der Waals surface area contributed by atoms with Crippen molar-refractivity contribution in [3.05, 3.63) is 0 Å². The van der Waals surface area contributed by atoms with Gasteiger partial charge in [-0.2, -0.15) is 0 Å². The Balaban J connectivity index is 0. The second-order valence-electron chi connectivity index (χ2n) is 4.11. The average Bonchev–Trinajstić information content (AvgIpc) is 2.35. The Morgan fingerprint density at radius 3 is 1.43 bits per heavy atom. The lowest BCUT2D eigenvalue weighted by atomic mass is 10.1. The molecule has 0 fully saturated rings. The Labute approximate surface area is 120 Å². The van der Waals surface area contributed by atoms with Gasteiger partial charge in [0.2, 0.25) is 0 Å². The minimum Gasteiger partial charge on any atom is -0.481 e. The van der Waals surface area contributed by atoms with Gasteiger partial charge in [-0.05, 0) is 19.3 Å². The minimum absolute atomic E-state index is 0.0231. The molecule has 2 atom stereocenters. The van der Waals surface area contributed by atoms with E-state index in [2.05, 4.69) is 0 Å². The Kier molecular flexibility index (Phi) is 11.7. The van der Waals surface area contributed by atoms with E-state index in [1.54, 1.807) is 0 Å². The third-order valence-corrected chi connectivity index (χ3v) is 2.21. The molecule has 10 heteroatoms. The summed E-state index contributed by atoms with van der Waals surface area (Å²) in [5, 5.41) is 32.7. The number of rotatable bonds is 9. The monoisotopic (exact) mass is 308 g/mol. The summed E-state index contributed by atoms with van der Waals surface area (Å²) in [6, 6.07) is -1.99. The van der Waals surface area contributed by atoms with E-state index in [0.717, 1.165) is 0 Å². The van der Waals surface area contributed by atoms with Crippen molar-refractivity contribution in [3.8, 4) is 0 Å². The molecule has 122 valence electrons. The molecule has 0 aromatic carbocycles. The molecule has 10 nitrogen and oxygen atoms in total. The first-order valence-corrected chi connectivity index (χ1v) is 5.98. The van der Waals surface area contributed by atoms with E-state index >= 15 is 0 Å². The van der Waals surface area contributed by atoms with Crippen LogP contribution in [0.5, 0.6) is 0 Å². The van der Waals surface area contributed by atoms with Crippen molar-refractivity contribution in [1.82, 2.24) is 0 Å². The summed E-state index contributed by atoms with van der Waals surface area (Å²) in [6.45, 7) is 0. The van der Waals surface area contributed by atoms with Crippen molar-refractivity contribution < 1.29 is 39.6 Å². The highest BCUT2D eigenvalue weighted by atomic mass is 16.4. The van der Waals surface area contributed by atoms with Crippen molar-refractivity contribution in [2.75, 3.05) is 0 Å². The number of carbonyl (C=O) groups is 4. The van der Waals surface area contributed by atoms with E-state index in [1.165, 1.54) is 0 Å². The highest BCUT2D eigenvalue weighted by molar-refractivity contribution is 5.74. The van der Waals surface area contributed by atoms with Crippen LogP contribution >= 0.6 is 0 Å². The maximum Gasteiger partial charge on any atom is 0.320 e. The SMILES string of the molecule is NC(CCC(=O)O)C(=O)O.NC(CCCC(=O)O)C(=O)O. The van der Waals surface area contributed by atoms with Gasteiger partial charge >= 0.3 is 23.9 Å². The van der Waals surface area contributed by atoms with Gasteiger partial charge in [-0.1, -0.05) is 0 Å². The summed E-state index contributed by atoms with van der Waals surface area (Å²) in [5.74, 6) is -4.21. The Bertz CT molecular complexity index is 371. The largest absolute Gasteiger partial charge is 0.481 e. The van der Waals surface area contributed by atoms with E-state index < -0.39 is 36.0 Å². The van der Waals surface area contributed by atoms with Gasteiger partial charge in [-0.15, -0.1) is 0 Å². The number of hydrogen-bond donors (Lipinski definition) is 6. The molecule has 0 aliphatic rings. The zero-order valence-electron chi connectivity index (χ0n) is 11.3. The van der Waals surface area contributed by atoms with E-state index in [9.17, 15) is 19.2 Å². The number of hydrogen-bond acceptors (Lipinski definition) is 6. The quantitative estimate of drug-likeness (QED) is 0.304. The fraction of sp³-hybridized carbons (Fsp3) is 0.636. The smallest absolute Gasteiger partial charge is 0.320 e. The predicted octanol–water partition coefficient (Wildman–Crippen LogP) is -1.08.